The molecular formula is C14H16N2O4S. The minimum Gasteiger partial charge on any atom is -0.408 e. The van der Waals surface area contributed by atoms with E-state index in [1.165, 1.54) is 12.1 Å². The van der Waals surface area contributed by atoms with Crippen LogP contribution in [0.4, 0.5) is 0 Å². The lowest BCUT2D eigenvalue weighted by molar-refractivity contribution is 0.356. The van der Waals surface area contributed by atoms with Gasteiger partial charge in [-0.05, 0) is 43.7 Å². The third kappa shape index (κ3) is 2.11. The average Bonchev–Trinajstić information content (AvgIpc) is 3.03. The first kappa shape index (κ1) is 13.1. The topological polar surface area (TPSA) is 83.4 Å². The molecule has 112 valence electrons. The van der Waals surface area contributed by atoms with Crippen LogP contribution >= 0.6 is 0 Å². The molecule has 0 amide bonds. The molecule has 2 heterocycles. The first-order valence-electron chi connectivity index (χ1n) is 7.20. The van der Waals surface area contributed by atoms with Gasteiger partial charge in [0.2, 0.25) is 10.0 Å². The summed E-state index contributed by atoms with van der Waals surface area (Å²) in [6.45, 7) is 0.582. The number of nitrogens with zero attached hydrogens (tertiary/aromatic N) is 1. The van der Waals surface area contributed by atoms with Gasteiger partial charge in [0, 0.05) is 18.7 Å². The molecule has 1 aromatic heterocycles. The summed E-state index contributed by atoms with van der Waals surface area (Å²) in [6.07, 6.45) is 4.12. The first-order chi connectivity index (χ1) is 10.1. The lowest BCUT2D eigenvalue weighted by Gasteiger charge is -2.23. The van der Waals surface area contributed by atoms with Crippen LogP contribution in [0.5, 0.6) is 0 Å². The summed E-state index contributed by atoms with van der Waals surface area (Å²) in [4.78, 5) is 13.9. The standard InChI is InChI=1S/C14H16N2O4S/c17-14-15-11-6-5-10(8-13(11)20-14)21(18,19)16-7-1-2-12(16)9-3-4-9/h5-6,8-9,12H,1-4,7H2,(H,15,17). The number of sulfonamides is 1. The number of aromatic amines is 1. The molecule has 6 nitrogen and oxygen atoms in total. The highest BCUT2D eigenvalue weighted by Crippen LogP contribution is 2.42. The predicted molar refractivity (Wildman–Crippen MR) is 76.5 cm³/mol. The van der Waals surface area contributed by atoms with Crippen molar-refractivity contribution in [3.8, 4) is 0 Å². The molecule has 1 unspecified atom stereocenters. The van der Waals surface area contributed by atoms with Crippen LogP contribution in [0.25, 0.3) is 11.1 Å². The Hall–Kier alpha value is -1.60. The maximum absolute atomic E-state index is 12.8. The van der Waals surface area contributed by atoms with Crippen molar-refractivity contribution in [3.63, 3.8) is 0 Å². The molecule has 1 saturated heterocycles. The van der Waals surface area contributed by atoms with E-state index in [-0.39, 0.29) is 16.5 Å². The van der Waals surface area contributed by atoms with Gasteiger partial charge < -0.3 is 4.42 Å². The van der Waals surface area contributed by atoms with Crippen molar-refractivity contribution in [1.29, 1.82) is 0 Å². The van der Waals surface area contributed by atoms with Gasteiger partial charge in [-0.1, -0.05) is 0 Å². The molecule has 4 rings (SSSR count). The smallest absolute Gasteiger partial charge is 0.408 e. The number of rotatable bonds is 3. The van der Waals surface area contributed by atoms with Crippen LogP contribution in [0, 0.1) is 5.92 Å². The predicted octanol–water partition coefficient (Wildman–Crippen LogP) is 1.68. The van der Waals surface area contributed by atoms with Crippen molar-refractivity contribution in [2.24, 2.45) is 5.92 Å². The molecule has 2 aromatic rings. The summed E-state index contributed by atoms with van der Waals surface area (Å²) < 4.78 is 32.2. The van der Waals surface area contributed by atoms with Crippen LogP contribution in [0.3, 0.4) is 0 Å². The molecule has 21 heavy (non-hydrogen) atoms. The molecule has 0 spiro atoms. The number of oxazole rings is 1. The fourth-order valence-electron chi connectivity index (χ4n) is 3.24. The van der Waals surface area contributed by atoms with E-state index in [2.05, 4.69) is 4.98 Å². The van der Waals surface area contributed by atoms with Crippen LogP contribution < -0.4 is 5.76 Å². The normalized spacial score (nSPS) is 23.9. The van der Waals surface area contributed by atoms with E-state index >= 15 is 0 Å². The van der Waals surface area contributed by atoms with Gasteiger partial charge in [0.05, 0.1) is 10.4 Å². The Bertz CT molecular complexity index is 847. The van der Waals surface area contributed by atoms with E-state index in [4.69, 9.17) is 4.42 Å². The van der Waals surface area contributed by atoms with E-state index < -0.39 is 15.8 Å². The van der Waals surface area contributed by atoms with Gasteiger partial charge in [0.25, 0.3) is 0 Å². The fraction of sp³-hybridized carbons (Fsp3) is 0.500. The Labute approximate surface area is 121 Å². The molecule has 1 saturated carbocycles. The quantitative estimate of drug-likeness (QED) is 0.935. The molecule has 1 aliphatic carbocycles. The van der Waals surface area contributed by atoms with E-state index in [1.54, 1.807) is 10.4 Å². The SMILES string of the molecule is O=c1[nH]c2ccc(S(=O)(=O)N3CCCC3C3CC3)cc2o1. The van der Waals surface area contributed by atoms with Crippen LogP contribution in [0.2, 0.25) is 0 Å². The largest absolute Gasteiger partial charge is 0.417 e. The van der Waals surface area contributed by atoms with Crippen LogP contribution in [0.1, 0.15) is 25.7 Å². The highest BCUT2D eigenvalue weighted by molar-refractivity contribution is 7.89. The minimum absolute atomic E-state index is 0.143. The summed E-state index contributed by atoms with van der Waals surface area (Å²) >= 11 is 0. The average molecular weight is 308 g/mol. The lowest BCUT2D eigenvalue weighted by Crippen LogP contribution is -2.36. The van der Waals surface area contributed by atoms with Crippen molar-refractivity contribution in [2.75, 3.05) is 6.54 Å². The number of H-pyrrole nitrogens is 1. The van der Waals surface area contributed by atoms with Gasteiger partial charge in [-0.3, -0.25) is 4.98 Å². The fourth-order valence-corrected chi connectivity index (χ4v) is 5.01. The summed E-state index contributed by atoms with van der Waals surface area (Å²) in [7, 11) is -3.52. The van der Waals surface area contributed by atoms with Gasteiger partial charge in [0.1, 0.15) is 0 Å². The summed E-state index contributed by atoms with van der Waals surface area (Å²) in [5.74, 6) is -0.0484. The Morgan fingerprint density at radius 2 is 2.05 bits per heavy atom. The minimum atomic E-state index is -3.52. The van der Waals surface area contributed by atoms with Gasteiger partial charge >= 0.3 is 5.76 Å². The van der Waals surface area contributed by atoms with Gasteiger partial charge in [-0.15, -0.1) is 0 Å². The third-order valence-corrected chi connectivity index (χ3v) is 6.33. The second-order valence-corrected chi connectivity index (χ2v) is 7.73. The molecule has 1 aliphatic heterocycles. The van der Waals surface area contributed by atoms with Crippen molar-refractivity contribution in [3.05, 3.63) is 28.7 Å². The zero-order valence-corrected chi connectivity index (χ0v) is 12.2. The number of aromatic nitrogens is 1. The molecule has 7 heteroatoms. The monoisotopic (exact) mass is 308 g/mol. The van der Waals surface area contributed by atoms with Crippen LogP contribution in [-0.4, -0.2) is 30.3 Å². The Kier molecular flexibility index (Phi) is 2.77. The second kappa shape index (κ2) is 4.45. The molecule has 0 bridgehead atoms. The van der Waals surface area contributed by atoms with Crippen molar-refractivity contribution >= 4 is 21.1 Å². The highest BCUT2D eigenvalue weighted by Gasteiger charge is 2.43. The second-order valence-electron chi connectivity index (χ2n) is 5.84. The van der Waals surface area contributed by atoms with E-state index in [1.807, 2.05) is 0 Å². The third-order valence-electron chi connectivity index (χ3n) is 4.41. The van der Waals surface area contributed by atoms with Crippen molar-refractivity contribution in [2.45, 2.75) is 36.6 Å². The summed E-state index contributed by atoms with van der Waals surface area (Å²) in [5.41, 5.74) is 0.794. The Morgan fingerprint density at radius 1 is 1.24 bits per heavy atom. The Morgan fingerprint density at radius 3 is 2.81 bits per heavy atom. The molecule has 2 fully saturated rings. The highest BCUT2D eigenvalue weighted by atomic mass is 32.2. The zero-order chi connectivity index (χ0) is 14.6. The Balaban J connectivity index is 1.76. The molecule has 2 aliphatic rings. The number of benzene rings is 1. The van der Waals surface area contributed by atoms with Gasteiger partial charge in [-0.2, -0.15) is 4.31 Å². The van der Waals surface area contributed by atoms with Gasteiger partial charge in [0.15, 0.2) is 5.58 Å². The number of nitrogens with one attached hydrogen (secondary N) is 1. The van der Waals surface area contributed by atoms with Crippen LogP contribution in [-0.2, 0) is 10.0 Å². The maximum atomic E-state index is 12.8. The number of fused-ring (bicyclic) bond motifs is 1. The van der Waals surface area contributed by atoms with Crippen molar-refractivity contribution in [1.82, 2.24) is 9.29 Å². The van der Waals surface area contributed by atoms with Crippen LogP contribution in [0.15, 0.2) is 32.3 Å². The van der Waals surface area contributed by atoms with Gasteiger partial charge in [-0.25, -0.2) is 13.2 Å². The molecule has 1 aromatic carbocycles. The molecule has 1 N–H and O–H groups in total. The molecule has 0 radical (unpaired) electrons. The first-order valence-corrected chi connectivity index (χ1v) is 8.64. The van der Waals surface area contributed by atoms with E-state index in [0.717, 1.165) is 25.7 Å². The zero-order valence-electron chi connectivity index (χ0n) is 11.4. The number of hydrogen-bond donors (Lipinski definition) is 1. The maximum Gasteiger partial charge on any atom is 0.417 e. The van der Waals surface area contributed by atoms with E-state index in [0.29, 0.717) is 18.0 Å². The molecular weight excluding hydrogens is 292 g/mol. The summed E-state index contributed by atoms with van der Waals surface area (Å²) in [6, 6.07) is 4.69. The summed E-state index contributed by atoms with van der Waals surface area (Å²) in [5, 5.41) is 0. The lowest BCUT2D eigenvalue weighted by atomic mass is 10.1. The van der Waals surface area contributed by atoms with E-state index in [9.17, 15) is 13.2 Å². The van der Waals surface area contributed by atoms with Crippen molar-refractivity contribution < 1.29 is 12.8 Å². The number of hydrogen-bond acceptors (Lipinski definition) is 4. The molecule has 1 atom stereocenters.